The highest BCUT2D eigenvalue weighted by molar-refractivity contribution is 7.19. The molecule has 3 heterocycles. The van der Waals surface area contributed by atoms with E-state index >= 15 is 0 Å². The number of hydrogen-bond acceptors (Lipinski definition) is 7. The molecule has 1 aliphatic carbocycles. The number of anilines is 1. The molecule has 0 unspecified atom stereocenters. The Hall–Kier alpha value is -2.41. The summed E-state index contributed by atoms with van der Waals surface area (Å²) in [6, 6.07) is 3.30. The van der Waals surface area contributed by atoms with E-state index < -0.39 is 5.97 Å². The average Bonchev–Trinajstić information content (AvgIpc) is 3.15. The van der Waals surface area contributed by atoms with Crippen molar-refractivity contribution in [1.82, 2.24) is 9.97 Å². The first kappa shape index (κ1) is 16.1. The molecule has 0 aromatic carbocycles. The lowest BCUT2D eigenvalue weighted by Gasteiger charge is -2.17. The number of thiophene rings is 1. The summed E-state index contributed by atoms with van der Waals surface area (Å²) in [5.74, 6) is 1.87. The van der Waals surface area contributed by atoms with Crippen LogP contribution in [-0.2, 0) is 24.2 Å². The van der Waals surface area contributed by atoms with E-state index in [1.165, 1.54) is 16.9 Å². The molecule has 25 heavy (non-hydrogen) atoms. The molecular formula is C18H19N3O3S. The molecule has 7 heteroatoms. The molecule has 1 atom stereocenters. The quantitative estimate of drug-likeness (QED) is 0.719. The molecule has 130 valence electrons. The van der Waals surface area contributed by atoms with Crippen LogP contribution >= 0.6 is 11.3 Å². The summed E-state index contributed by atoms with van der Waals surface area (Å²) in [4.78, 5) is 23.1. The van der Waals surface area contributed by atoms with Gasteiger partial charge in [0.15, 0.2) is 12.4 Å². The van der Waals surface area contributed by atoms with Crippen molar-refractivity contribution < 1.29 is 13.9 Å². The Morgan fingerprint density at radius 3 is 3.04 bits per heavy atom. The van der Waals surface area contributed by atoms with E-state index in [1.807, 2.05) is 0 Å². The highest BCUT2D eigenvalue weighted by Crippen LogP contribution is 2.39. The van der Waals surface area contributed by atoms with Crippen LogP contribution in [0.4, 0.5) is 5.82 Å². The largest absolute Gasteiger partial charge is 0.454 e. The molecule has 4 rings (SSSR count). The molecule has 0 bridgehead atoms. The fourth-order valence-electron chi connectivity index (χ4n) is 3.23. The number of rotatable bonds is 3. The zero-order valence-corrected chi connectivity index (χ0v) is 15.0. The van der Waals surface area contributed by atoms with Gasteiger partial charge in [-0.1, -0.05) is 6.92 Å². The number of furan rings is 1. The number of nitrogens with zero attached hydrogens (tertiary/aromatic N) is 2. The van der Waals surface area contributed by atoms with Gasteiger partial charge >= 0.3 is 5.97 Å². The molecule has 0 radical (unpaired) electrons. The molecule has 1 aliphatic rings. The number of ether oxygens (including phenoxy) is 1. The van der Waals surface area contributed by atoms with Crippen LogP contribution in [0.3, 0.4) is 0 Å². The number of aryl methyl sites for hydroxylation is 2. The van der Waals surface area contributed by atoms with Gasteiger partial charge in [-0.2, -0.15) is 0 Å². The van der Waals surface area contributed by atoms with Crippen molar-refractivity contribution in [2.75, 3.05) is 5.73 Å². The molecule has 3 aromatic heterocycles. The number of carbonyl (C=O) groups excluding carboxylic acids is 1. The summed E-state index contributed by atoms with van der Waals surface area (Å²) in [5.41, 5.74) is 7.47. The summed E-state index contributed by atoms with van der Waals surface area (Å²) < 4.78 is 10.5. The van der Waals surface area contributed by atoms with Crippen molar-refractivity contribution >= 4 is 33.3 Å². The van der Waals surface area contributed by atoms with Crippen molar-refractivity contribution in [2.24, 2.45) is 5.92 Å². The van der Waals surface area contributed by atoms with E-state index in [9.17, 15) is 4.79 Å². The van der Waals surface area contributed by atoms with E-state index in [-0.39, 0.29) is 12.4 Å². The maximum atomic E-state index is 12.0. The number of carbonyl (C=O) groups is 1. The third-order valence-electron chi connectivity index (χ3n) is 4.50. The first-order chi connectivity index (χ1) is 12.0. The Bertz CT molecular complexity index is 960. The molecule has 0 fully saturated rings. The lowest BCUT2D eigenvalue weighted by molar-refractivity contribution is 0.0425. The summed E-state index contributed by atoms with van der Waals surface area (Å²) in [6.45, 7) is 4.01. The second-order valence-electron chi connectivity index (χ2n) is 6.54. The van der Waals surface area contributed by atoms with E-state index in [2.05, 4.69) is 16.9 Å². The Balaban J connectivity index is 1.58. The van der Waals surface area contributed by atoms with Gasteiger partial charge in [0.25, 0.3) is 0 Å². The fraction of sp³-hybridized carbons (Fsp3) is 0.389. The van der Waals surface area contributed by atoms with Crippen molar-refractivity contribution in [3.8, 4) is 0 Å². The van der Waals surface area contributed by atoms with Crippen LogP contribution in [0.2, 0.25) is 0 Å². The minimum atomic E-state index is -0.533. The predicted octanol–water partition coefficient (Wildman–Crippen LogP) is 3.66. The standard InChI is InChI=1S/C18H19N3O3S/c1-9-3-5-11-13(7-9)25-17-15(11)16(19)20-14(21-17)8-23-18(22)12-6-4-10(2)24-12/h4,6,9H,3,5,7-8H2,1-2H3,(H2,19,20,21)/t9-/m0/s1. The number of nitrogen functional groups attached to an aromatic ring is 1. The van der Waals surface area contributed by atoms with E-state index in [0.717, 1.165) is 23.1 Å². The molecule has 0 saturated carbocycles. The lowest BCUT2D eigenvalue weighted by atomic mass is 9.89. The van der Waals surface area contributed by atoms with Gasteiger partial charge in [0, 0.05) is 4.88 Å². The number of hydrogen-bond donors (Lipinski definition) is 1. The van der Waals surface area contributed by atoms with Crippen LogP contribution < -0.4 is 5.73 Å². The maximum Gasteiger partial charge on any atom is 0.374 e. The Labute approximate surface area is 149 Å². The van der Waals surface area contributed by atoms with Gasteiger partial charge in [0.2, 0.25) is 5.76 Å². The SMILES string of the molecule is Cc1ccc(C(=O)OCc2nc(N)c3c4c(sc3n2)C[C@@H](C)CC4)o1. The summed E-state index contributed by atoms with van der Waals surface area (Å²) in [6.07, 6.45) is 3.26. The molecule has 0 aliphatic heterocycles. The van der Waals surface area contributed by atoms with E-state index in [4.69, 9.17) is 14.9 Å². The average molecular weight is 357 g/mol. The van der Waals surface area contributed by atoms with Crippen molar-refractivity contribution in [3.63, 3.8) is 0 Å². The summed E-state index contributed by atoms with van der Waals surface area (Å²) in [7, 11) is 0. The fourth-order valence-corrected chi connectivity index (χ4v) is 4.64. The van der Waals surface area contributed by atoms with Crippen LogP contribution in [0, 0.1) is 12.8 Å². The van der Waals surface area contributed by atoms with E-state index in [1.54, 1.807) is 30.4 Å². The highest BCUT2D eigenvalue weighted by Gasteiger charge is 2.23. The van der Waals surface area contributed by atoms with Crippen LogP contribution in [0.1, 0.15) is 45.9 Å². The molecule has 2 N–H and O–H groups in total. The third kappa shape index (κ3) is 3.00. The third-order valence-corrected chi connectivity index (χ3v) is 5.65. The Morgan fingerprint density at radius 1 is 1.44 bits per heavy atom. The van der Waals surface area contributed by atoms with Gasteiger partial charge in [-0.05, 0) is 49.8 Å². The topological polar surface area (TPSA) is 91.2 Å². The first-order valence-electron chi connectivity index (χ1n) is 8.31. The van der Waals surface area contributed by atoms with Gasteiger partial charge in [-0.15, -0.1) is 11.3 Å². The maximum absolute atomic E-state index is 12.0. The highest BCUT2D eigenvalue weighted by atomic mass is 32.1. The van der Waals surface area contributed by atoms with Crippen molar-refractivity contribution in [1.29, 1.82) is 0 Å². The van der Waals surface area contributed by atoms with E-state index in [0.29, 0.717) is 23.3 Å². The summed E-state index contributed by atoms with van der Waals surface area (Å²) in [5, 5.41) is 0.976. The van der Waals surface area contributed by atoms with Crippen LogP contribution in [0.5, 0.6) is 0 Å². The Kier molecular flexibility index (Phi) is 3.95. The monoisotopic (exact) mass is 357 g/mol. The predicted molar refractivity (Wildman–Crippen MR) is 95.6 cm³/mol. The van der Waals surface area contributed by atoms with Gasteiger partial charge in [0.05, 0.1) is 5.39 Å². The molecule has 3 aromatic rings. The number of aromatic nitrogens is 2. The minimum Gasteiger partial charge on any atom is -0.454 e. The summed E-state index contributed by atoms with van der Waals surface area (Å²) >= 11 is 1.68. The smallest absolute Gasteiger partial charge is 0.374 e. The number of nitrogens with two attached hydrogens (primary N) is 1. The molecule has 0 amide bonds. The normalized spacial score (nSPS) is 16.8. The Morgan fingerprint density at radius 2 is 2.28 bits per heavy atom. The van der Waals surface area contributed by atoms with Crippen LogP contribution in [0.25, 0.3) is 10.2 Å². The second kappa shape index (κ2) is 6.15. The minimum absolute atomic E-state index is 0.0301. The molecule has 6 nitrogen and oxygen atoms in total. The second-order valence-corrected chi connectivity index (χ2v) is 7.63. The molecule has 0 saturated heterocycles. The zero-order valence-electron chi connectivity index (χ0n) is 14.2. The first-order valence-corrected chi connectivity index (χ1v) is 9.13. The number of esters is 1. The van der Waals surface area contributed by atoms with Gasteiger partial charge in [-0.25, -0.2) is 14.8 Å². The van der Waals surface area contributed by atoms with Gasteiger partial charge < -0.3 is 14.9 Å². The molecule has 0 spiro atoms. The van der Waals surface area contributed by atoms with Crippen LogP contribution in [-0.4, -0.2) is 15.9 Å². The zero-order chi connectivity index (χ0) is 17.6. The van der Waals surface area contributed by atoms with Crippen LogP contribution in [0.15, 0.2) is 16.5 Å². The number of fused-ring (bicyclic) bond motifs is 3. The van der Waals surface area contributed by atoms with Gasteiger partial charge in [0.1, 0.15) is 16.4 Å². The lowest BCUT2D eigenvalue weighted by Crippen LogP contribution is -2.10. The molecular weight excluding hydrogens is 338 g/mol. The van der Waals surface area contributed by atoms with Crippen molar-refractivity contribution in [3.05, 3.63) is 39.9 Å². The van der Waals surface area contributed by atoms with Crippen molar-refractivity contribution in [2.45, 2.75) is 39.7 Å². The van der Waals surface area contributed by atoms with Gasteiger partial charge in [-0.3, -0.25) is 0 Å².